The average molecular weight is 305 g/mol. The van der Waals surface area contributed by atoms with E-state index in [9.17, 15) is 0 Å². The van der Waals surface area contributed by atoms with Crippen molar-refractivity contribution in [1.82, 2.24) is 10.2 Å². The van der Waals surface area contributed by atoms with Gasteiger partial charge in [0.1, 0.15) is 5.75 Å². The third-order valence-corrected chi connectivity index (χ3v) is 3.79. The van der Waals surface area contributed by atoms with Crippen LogP contribution in [-0.4, -0.2) is 38.2 Å². The van der Waals surface area contributed by atoms with Crippen molar-refractivity contribution in [3.8, 4) is 5.75 Å². The molecule has 0 spiro atoms. The molecular formula is C14H22Cl2N2O. The second-order valence-electron chi connectivity index (χ2n) is 4.82. The molecule has 19 heavy (non-hydrogen) atoms. The number of halogens is 2. The Hall–Kier alpha value is -0.480. The second kappa shape index (κ2) is 7.95. The number of rotatable bonds is 4. The molecular weight excluding hydrogens is 283 g/mol. The molecule has 1 atom stereocenters. The summed E-state index contributed by atoms with van der Waals surface area (Å²) in [6.45, 7) is 3.14. The van der Waals surface area contributed by atoms with Crippen LogP contribution < -0.4 is 10.1 Å². The van der Waals surface area contributed by atoms with Gasteiger partial charge in [0.15, 0.2) is 0 Å². The number of likely N-dealkylation sites (tertiary alicyclic amines) is 1. The highest BCUT2D eigenvalue weighted by molar-refractivity contribution is 6.30. The SMILES string of the molecule is CNC1CCCN(Cc2cc(Cl)ccc2OC)C1.Cl. The zero-order valence-corrected chi connectivity index (χ0v) is 13.1. The Morgan fingerprint density at radius 1 is 1.47 bits per heavy atom. The lowest BCUT2D eigenvalue weighted by Crippen LogP contribution is -2.43. The number of hydrogen-bond donors (Lipinski definition) is 1. The van der Waals surface area contributed by atoms with Crippen molar-refractivity contribution in [1.29, 1.82) is 0 Å². The summed E-state index contributed by atoms with van der Waals surface area (Å²) in [6.07, 6.45) is 2.51. The standard InChI is InChI=1S/C14H21ClN2O.ClH/c1-16-13-4-3-7-17(10-13)9-11-8-12(15)5-6-14(11)18-2;/h5-6,8,13,16H,3-4,7,9-10H2,1-2H3;1H. The molecule has 108 valence electrons. The van der Waals surface area contributed by atoms with Crippen molar-refractivity contribution >= 4 is 24.0 Å². The van der Waals surface area contributed by atoms with E-state index in [0.717, 1.165) is 30.4 Å². The summed E-state index contributed by atoms with van der Waals surface area (Å²) in [6, 6.07) is 6.42. The van der Waals surface area contributed by atoms with E-state index in [2.05, 4.69) is 10.2 Å². The highest BCUT2D eigenvalue weighted by Gasteiger charge is 2.19. The largest absolute Gasteiger partial charge is 0.496 e. The Balaban J connectivity index is 0.00000180. The lowest BCUT2D eigenvalue weighted by Gasteiger charge is -2.32. The molecule has 0 aromatic heterocycles. The number of piperidine rings is 1. The van der Waals surface area contributed by atoms with Gasteiger partial charge >= 0.3 is 0 Å². The molecule has 0 amide bonds. The third-order valence-electron chi connectivity index (χ3n) is 3.55. The summed E-state index contributed by atoms with van der Waals surface area (Å²) in [5, 5.41) is 4.13. The Morgan fingerprint density at radius 3 is 2.95 bits per heavy atom. The number of ether oxygens (including phenoxy) is 1. The van der Waals surface area contributed by atoms with Crippen molar-refractivity contribution in [2.24, 2.45) is 0 Å². The van der Waals surface area contributed by atoms with Gasteiger partial charge in [-0.15, -0.1) is 12.4 Å². The van der Waals surface area contributed by atoms with Gasteiger partial charge in [-0.3, -0.25) is 4.90 Å². The van der Waals surface area contributed by atoms with Gasteiger partial charge in [0, 0.05) is 29.7 Å². The third kappa shape index (κ3) is 4.53. The van der Waals surface area contributed by atoms with E-state index in [1.54, 1.807) is 7.11 Å². The quantitative estimate of drug-likeness (QED) is 0.925. The molecule has 1 aromatic rings. The van der Waals surface area contributed by atoms with Crippen LogP contribution in [0.2, 0.25) is 5.02 Å². The minimum atomic E-state index is 0. The van der Waals surface area contributed by atoms with Crippen LogP contribution >= 0.6 is 24.0 Å². The van der Waals surface area contributed by atoms with Crippen molar-refractivity contribution in [2.75, 3.05) is 27.2 Å². The lowest BCUT2D eigenvalue weighted by atomic mass is 10.0. The van der Waals surface area contributed by atoms with Gasteiger partial charge in [-0.1, -0.05) is 11.6 Å². The zero-order chi connectivity index (χ0) is 13.0. The fourth-order valence-electron chi connectivity index (χ4n) is 2.55. The van der Waals surface area contributed by atoms with E-state index in [1.807, 2.05) is 25.2 Å². The Morgan fingerprint density at radius 2 is 2.26 bits per heavy atom. The fourth-order valence-corrected chi connectivity index (χ4v) is 2.74. The van der Waals surface area contributed by atoms with Crippen LogP contribution in [0.25, 0.3) is 0 Å². The molecule has 1 saturated heterocycles. The number of likely N-dealkylation sites (N-methyl/N-ethyl adjacent to an activating group) is 1. The summed E-state index contributed by atoms with van der Waals surface area (Å²) in [5.74, 6) is 0.922. The lowest BCUT2D eigenvalue weighted by molar-refractivity contribution is 0.186. The van der Waals surface area contributed by atoms with Crippen LogP contribution in [0.3, 0.4) is 0 Å². The monoisotopic (exact) mass is 304 g/mol. The highest BCUT2D eigenvalue weighted by atomic mass is 35.5. The van der Waals surface area contributed by atoms with E-state index in [4.69, 9.17) is 16.3 Å². The van der Waals surface area contributed by atoms with E-state index in [1.165, 1.54) is 18.4 Å². The molecule has 1 heterocycles. The summed E-state index contributed by atoms with van der Waals surface area (Å²) in [5.41, 5.74) is 1.17. The van der Waals surface area contributed by atoms with Crippen molar-refractivity contribution < 1.29 is 4.74 Å². The van der Waals surface area contributed by atoms with Gasteiger partial charge < -0.3 is 10.1 Å². The van der Waals surface area contributed by atoms with Gasteiger partial charge in [-0.05, 0) is 44.6 Å². The summed E-state index contributed by atoms with van der Waals surface area (Å²) in [7, 11) is 3.74. The van der Waals surface area contributed by atoms with Gasteiger partial charge in [-0.2, -0.15) is 0 Å². The van der Waals surface area contributed by atoms with Gasteiger partial charge in [0.05, 0.1) is 7.11 Å². The maximum atomic E-state index is 6.06. The van der Waals surface area contributed by atoms with E-state index < -0.39 is 0 Å². The predicted molar refractivity (Wildman–Crippen MR) is 82.6 cm³/mol. The minimum absolute atomic E-state index is 0. The normalized spacial score (nSPS) is 19.8. The molecule has 1 aliphatic heterocycles. The molecule has 1 aliphatic rings. The molecule has 0 bridgehead atoms. The molecule has 1 unspecified atom stereocenters. The molecule has 2 rings (SSSR count). The maximum Gasteiger partial charge on any atom is 0.123 e. The highest BCUT2D eigenvalue weighted by Crippen LogP contribution is 2.25. The van der Waals surface area contributed by atoms with Gasteiger partial charge in [-0.25, -0.2) is 0 Å². The van der Waals surface area contributed by atoms with Crippen LogP contribution in [0, 0.1) is 0 Å². The maximum absolute atomic E-state index is 6.06. The number of nitrogens with one attached hydrogen (secondary N) is 1. The molecule has 5 heteroatoms. The second-order valence-corrected chi connectivity index (χ2v) is 5.26. The Labute approximate surface area is 126 Å². The van der Waals surface area contributed by atoms with Crippen molar-refractivity contribution in [3.63, 3.8) is 0 Å². The molecule has 1 N–H and O–H groups in total. The first-order valence-electron chi connectivity index (χ1n) is 6.45. The smallest absolute Gasteiger partial charge is 0.123 e. The van der Waals surface area contributed by atoms with Crippen LogP contribution in [-0.2, 0) is 6.54 Å². The Bertz CT molecular complexity index is 401. The molecule has 1 aromatic carbocycles. The van der Waals surface area contributed by atoms with Crippen molar-refractivity contribution in [2.45, 2.75) is 25.4 Å². The van der Waals surface area contributed by atoms with E-state index in [-0.39, 0.29) is 12.4 Å². The molecule has 0 saturated carbocycles. The van der Waals surface area contributed by atoms with E-state index >= 15 is 0 Å². The van der Waals surface area contributed by atoms with Crippen LogP contribution in [0.4, 0.5) is 0 Å². The van der Waals surface area contributed by atoms with E-state index in [0.29, 0.717) is 6.04 Å². The van der Waals surface area contributed by atoms with Gasteiger partial charge in [0.25, 0.3) is 0 Å². The number of methoxy groups -OCH3 is 1. The van der Waals surface area contributed by atoms with Crippen LogP contribution in [0.5, 0.6) is 5.75 Å². The molecule has 0 aliphatic carbocycles. The minimum Gasteiger partial charge on any atom is -0.496 e. The van der Waals surface area contributed by atoms with Crippen LogP contribution in [0.15, 0.2) is 18.2 Å². The fraction of sp³-hybridized carbons (Fsp3) is 0.571. The molecule has 1 fully saturated rings. The van der Waals surface area contributed by atoms with Gasteiger partial charge in [0.2, 0.25) is 0 Å². The molecule has 0 radical (unpaired) electrons. The number of nitrogens with zero attached hydrogens (tertiary/aromatic N) is 1. The van der Waals surface area contributed by atoms with Crippen molar-refractivity contribution in [3.05, 3.63) is 28.8 Å². The first-order valence-corrected chi connectivity index (χ1v) is 6.82. The average Bonchev–Trinajstić information content (AvgIpc) is 2.39. The zero-order valence-electron chi connectivity index (χ0n) is 11.5. The van der Waals surface area contributed by atoms with Crippen LogP contribution in [0.1, 0.15) is 18.4 Å². The summed E-state index contributed by atoms with van der Waals surface area (Å²) in [4.78, 5) is 2.46. The first-order chi connectivity index (χ1) is 8.72. The first kappa shape index (κ1) is 16.6. The summed E-state index contributed by atoms with van der Waals surface area (Å²) >= 11 is 6.06. The predicted octanol–water partition coefficient (Wildman–Crippen LogP) is 2.95. The Kier molecular flexibility index (Phi) is 6.94. The number of hydrogen-bond acceptors (Lipinski definition) is 3. The number of benzene rings is 1. The summed E-state index contributed by atoms with van der Waals surface area (Å²) < 4.78 is 5.39. The molecule has 3 nitrogen and oxygen atoms in total. The topological polar surface area (TPSA) is 24.5 Å².